The summed E-state index contributed by atoms with van der Waals surface area (Å²) in [5, 5.41) is 9.47. The third-order valence-electron chi connectivity index (χ3n) is 4.90. The van der Waals surface area contributed by atoms with Gasteiger partial charge in [-0.1, -0.05) is 6.07 Å². The van der Waals surface area contributed by atoms with Gasteiger partial charge in [0.25, 0.3) is 5.91 Å². The second-order valence-electron chi connectivity index (χ2n) is 7.25. The van der Waals surface area contributed by atoms with Crippen LogP contribution in [-0.2, 0) is 13.7 Å². The molecule has 0 radical (unpaired) electrons. The summed E-state index contributed by atoms with van der Waals surface area (Å²) in [4.78, 5) is 21.7. The number of hydrogen-bond donors (Lipinski definition) is 1. The Hall–Kier alpha value is -4.18. The number of hydrogen-bond acceptors (Lipinski definition) is 7. The van der Waals surface area contributed by atoms with Crippen LogP contribution in [0.1, 0.15) is 16.2 Å². The number of aryl methyl sites for hydroxylation is 1. The maximum absolute atomic E-state index is 12.7. The van der Waals surface area contributed by atoms with Crippen molar-refractivity contribution in [1.82, 2.24) is 24.1 Å². The van der Waals surface area contributed by atoms with Crippen molar-refractivity contribution in [2.75, 3.05) is 12.4 Å². The van der Waals surface area contributed by atoms with E-state index in [0.29, 0.717) is 22.9 Å². The van der Waals surface area contributed by atoms with E-state index in [1.165, 1.54) is 11.3 Å². The van der Waals surface area contributed by atoms with Crippen LogP contribution in [0.3, 0.4) is 0 Å². The molecule has 0 aliphatic heterocycles. The molecule has 0 saturated carbocycles. The summed E-state index contributed by atoms with van der Waals surface area (Å²) >= 11 is 1.39. The van der Waals surface area contributed by atoms with Gasteiger partial charge in [-0.25, -0.2) is 9.97 Å². The first-order valence-electron chi connectivity index (χ1n) is 10.1. The van der Waals surface area contributed by atoms with Gasteiger partial charge < -0.3 is 19.2 Å². The van der Waals surface area contributed by atoms with Gasteiger partial charge in [0.1, 0.15) is 23.0 Å². The average Bonchev–Trinajstić information content (AvgIpc) is 3.56. The Morgan fingerprint density at radius 2 is 2.06 bits per heavy atom. The van der Waals surface area contributed by atoms with Gasteiger partial charge in [0.05, 0.1) is 19.0 Å². The van der Waals surface area contributed by atoms with Crippen molar-refractivity contribution in [2.24, 2.45) is 7.05 Å². The van der Waals surface area contributed by atoms with Crippen molar-refractivity contribution < 1.29 is 14.3 Å². The zero-order valence-corrected chi connectivity index (χ0v) is 18.7. The molecule has 5 rings (SSSR count). The van der Waals surface area contributed by atoms with Gasteiger partial charge in [-0.3, -0.25) is 9.48 Å². The van der Waals surface area contributed by atoms with E-state index in [9.17, 15) is 4.79 Å². The summed E-state index contributed by atoms with van der Waals surface area (Å²) in [7, 11) is 3.41. The number of anilines is 1. The van der Waals surface area contributed by atoms with Gasteiger partial charge in [-0.05, 0) is 24.3 Å². The number of fused-ring (bicyclic) bond motifs is 1. The molecule has 0 spiro atoms. The van der Waals surface area contributed by atoms with E-state index in [1.807, 2.05) is 48.2 Å². The lowest BCUT2D eigenvalue weighted by Gasteiger charge is -2.12. The van der Waals surface area contributed by atoms with E-state index in [4.69, 9.17) is 9.47 Å². The second-order valence-corrected chi connectivity index (χ2v) is 8.11. The summed E-state index contributed by atoms with van der Waals surface area (Å²) in [5.41, 5.74) is 3.40. The normalized spacial score (nSPS) is 11.0. The van der Waals surface area contributed by atoms with E-state index in [0.717, 1.165) is 21.9 Å². The molecule has 33 heavy (non-hydrogen) atoms. The maximum Gasteiger partial charge on any atom is 0.275 e. The monoisotopic (exact) mass is 460 g/mol. The number of benzene rings is 1. The summed E-state index contributed by atoms with van der Waals surface area (Å²) in [6, 6.07) is 11.0. The van der Waals surface area contributed by atoms with Crippen molar-refractivity contribution in [3.8, 4) is 22.1 Å². The minimum atomic E-state index is -0.308. The van der Waals surface area contributed by atoms with Crippen LogP contribution in [0.5, 0.6) is 11.5 Å². The van der Waals surface area contributed by atoms with Crippen LogP contribution in [0.25, 0.3) is 16.2 Å². The molecule has 0 unspecified atom stereocenters. The molecule has 0 saturated heterocycles. The molecule has 10 heteroatoms. The standard InChI is InChI=1S/C23H20N6O3S/c1-28-11-15(10-24-28)23-27-18(14-33-23)22(30)26-16-6-7-19(31-2)20(9-16)32-13-17-12-29-8-4-3-5-21(29)25-17/h3-12,14H,13H2,1-2H3,(H,26,30). The Morgan fingerprint density at radius 3 is 2.85 bits per heavy atom. The summed E-state index contributed by atoms with van der Waals surface area (Å²) < 4.78 is 15.0. The van der Waals surface area contributed by atoms with Gasteiger partial charge in [0.15, 0.2) is 11.5 Å². The molecule has 0 aliphatic carbocycles. The van der Waals surface area contributed by atoms with Crippen LogP contribution in [0.2, 0.25) is 0 Å². The fourth-order valence-electron chi connectivity index (χ4n) is 3.31. The van der Waals surface area contributed by atoms with E-state index in [2.05, 4.69) is 20.4 Å². The number of imidazole rings is 1. The molecule has 0 fully saturated rings. The molecule has 0 bridgehead atoms. The van der Waals surface area contributed by atoms with E-state index in [-0.39, 0.29) is 12.5 Å². The average molecular weight is 461 g/mol. The zero-order valence-electron chi connectivity index (χ0n) is 17.9. The smallest absolute Gasteiger partial charge is 0.275 e. The van der Waals surface area contributed by atoms with Gasteiger partial charge in [-0.2, -0.15) is 5.10 Å². The zero-order chi connectivity index (χ0) is 22.8. The molecule has 4 aromatic heterocycles. The van der Waals surface area contributed by atoms with Crippen LogP contribution in [0.15, 0.2) is 66.6 Å². The Labute approximate surface area is 193 Å². The number of nitrogens with zero attached hydrogens (tertiary/aromatic N) is 5. The number of amides is 1. The highest BCUT2D eigenvalue weighted by Crippen LogP contribution is 2.31. The Morgan fingerprint density at radius 1 is 1.15 bits per heavy atom. The van der Waals surface area contributed by atoms with Gasteiger partial charge in [0.2, 0.25) is 0 Å². The Balaban J connectivity index is 1.30. The van der Waals surface area contributed by atoms with Crippen molar-refractivity contribution in [1.29, 1.82) is 0 Å². The van der Waals surface area contributed by atoms with Gasteiger partial charge in [-0.15, -0.1) is 11.3 Å². The molecule has 5 aromatic rings. The number of aromatic nitrogens is 5. The van der Waals surface area contributed by atoms with Crippen molar-refractivity contribution in [2.45, 2.75) is 6.61 Å². The first-order chi connectivity index (χ1) is 16.1. The molecule has 1 amide bonds. The number of ether oxygens (including phenoxy) is 2. The number of rotatable bonds is 7. The fourth-order valence-corrected chi connectivity index (χ4v) is 4.09. The van der Waals surface area contributed by atoms with Gasteiger partial charge >= 0.3 is 0 Å². The van der Waals surface area contributed by atoms with Crippen LogP contribution < -0.4 is 14.8 Å². The SMILES string of the molecule is COc1ccc(NC(=O)c2csc(-c3cnn(C)c3)n2)cc1OCc1cn2ccccc2n1. The number of carbonyl (C=O) groups excluding carboxylic acids is 1. The van der Waals surface area contributed by atoms with Crippen molar-refractivity contribution in [3.63, 3.8) is 0 Å². The summed E-state index contributed by atoms with van der Waals surface area (Å²) in [6.45, 7) is 0.260. The van der Waals surface area contributed by atoms with Gasteiger partial charge in [0, 0.05) is 48.3 Å². The Bertz CT molecular complexity index is 1400. The minimum absolute atomic E-state index is 0.260. The van der Waals surface area contributed by atoms with E-state index in [1.54, 1.807) is 41.6 Å². The van der Waals surface area contributed by atoms with Crippen LogP contribution >= 0.6 is 11.3 Å². The molecule has 4 heterocycles. The highest BCUT2D eigenvalue weighted by Gasteiger charge is 2.15. The van der Waals surface area contributed by atoms with Crippen LogP contribution in [0, 0.1) is 0 Å². The fraction of sp³-hybridized carbons (Fsp3) is 0.130. The highest BCUT2D eigenvalue weighted by atomic mass is 32.1. The number of pyridine rings is 1. The molecule has 1 N–H and O–H groups in total. The molecular formula is C23H20N6O3S. The third kappa shape index (κ3) is 4.41. The van der Waals surface area contributed by atoms with Crippen LogP contribution in [0.4, 0.5) is 5.69 Å². The predicted molar refractivity (Wildman–Crippen MR) is 125 cm³/mol. The number of thiazole rings is 1. The molecule has 0 aliphatic rings. The number of methoxy groups -OCH3 is 1. The lowest BCUT2D eigenvalue weighted by Crippen LogP contribution is -2.12. The highest BCUT2D eigenvalue weighted by molar-refractivity contribution is 7.13. The second kappa shape index (κ2) is 8.75. The van der Waals surface area contributed by atoms with Crippen LogP contribution in [-0.4, -0.2) is 37.2 Å². The van der Waals surface area contributed by atoms with Crippen molar-refractivity contribution in [3.05, 3.63) is 78.0 Å². The Kier molecular flexibility index (Phi) is 5.49. The summed E-state index contributed by atoms with van der Waals surface area (Å²) in [5.74, 6) is 0.754. The first kappa shape index (κ1) is 20.7. The number of carbonyl (C=O) groups is 1. The third-order valence-corrected chi connectivity index (χ3v) is 5.79. The minimum Gasteiger partial charge on any atom is -0.493 e. The summed E-state index contributed by atoms with van der Waals surface area (Å²) in [6.07, 6.45) is 7.42. The predicted octanol–water partition coefficient (Wildman–Crippen LogP) is 4.03. The lowest BCUT2D eigenvalue weighted by atomic mass is 10.2. The molecule has 166 valence electrons. The molecule has 0 atom stereocenters. The lowest BCUT2D eigenvalue weighted by molar-refractivity contribution is 0.102. The maximum atomic E-state index is 12.7. The van der Waals surface area contributed by atoms with E-state index < -0.39 is 0 Å². The van der Waals surface area contributed by atoms with E-state index >= 15 is 0 Å². The largest absolute Gasteiger partial charge is 0.493 e. The first-order valence-corrected chi connectivity index (χ1v) is 11.0. The number of nitrogens with one attached hydrogen (secondary N) is 1. The molecule has 1 aromatic carbocycles. The topological polar surface area (TPSA) is 95.6 Å². The quantitative estimate of drug-likeness (QED) is 0.394. The molecular weight excluding hydrogens is 440 g/mol. The van der Waals surface area contributed by atoms with Crippen molar-refractivity contribution >= 4 is 28.6 Å². The molecule has 9 nitrogen and oxygen atoms in total.